The van der Waals surface area contributed by atoms with Gasteiger partial charge in [-0.2, -0.15) is 0 Å². The summed E-state index contributed by atoms with van der Waals surface area (Å²) in [6, 6.07) is 8.57. The summed E-state index contributed by atoms with van der Waals surface area (Å²) in [5.41, 5.74) is 4.11. The molecule has 0 amide bonds. The van der Waals surface area contributed by atoms with E-state index in [4.69, 9.17) is 13.9 Å². The highest BCUT2D eigenvalue weighted by Gasteiger charge is 2.14. The van der Waals surface area contributed by atoms with E-state index >= 15 is 0 Å². The van der Waals surface area contributed by atoms with Gasteiger partial charge >= 0.3 is 0 Å². The average molecular weight is 509 g/mol. The molecule has 0 bridgehead atoms. The highest BCUT2D eigenvalue weighted by atomic mass is 16.5. The summed E-state index contributed by atoms with van der Waals surface area (Å²) in [4.78, 5) is 0. The zero-order chi connectivity index (χ0) is 26.3. The fourth-order valence-electron chi connectivity index (χ4n) is 5.18. The number of unbranched alkanes of at least 4 members (excludes halogenated alkanes) is 14. The van der Waals surface area contributed by atoms with E-state index in [0.717, 1.165) is 70.6 Å². The smallest absolute Gasteiger partial charge is 0.135 e. The van der Waals surface area contributed by atoms with Gasteiger partial charge in [-0.15, -0.1) is 0 Å². The van der Waals surface area contributed by atoms with E-state index < -0.39 is 0 Å². The van der Waals surface area contributed by atoms with Gasteiger partial charge in [0.2, 0.25) is 0 Å². The summed E-state index contributed by atoms with van der Waals surface area (Å²) in [7, 11) is 0. The molecule has 0 aliphatic rings. The van der Waals surface area contributed by atoms with Gasteiger partial charge in [0.25, 0.3) is 0 Å². The van der Waals surface area contributed by atoms with Crippen molar-refractivity contribution in [3.63, 3.8) is 0 Å². The van der Waals surface area contributed by atoms with Crippen molar-refractivity contribution in [2.45, 2.75) is 130 Å². The second-order valence-corrected chi connectivity index (χ2v) is 11.0. The standard InChI is InChI=1S/C34H52O3/c1-5-7-9-11-13-15-17-19-21-35-31-25-29-30-26-32(36-22-20-18-16-14-12-10-8-6-2)28(4)24-34(30)37-33(29)23-27(31)3/h23-26H,5-22H2,1-4H3. The Kier molecular flexibility index (Phi) is 13.2. The molecule has 3 nitrogen and oxygen atoms in total. The Morgan fingerprint density at radius 1 is 0.486 bits per heavy atom. The molecule has 0 N–H and O–H groups in total. The molecule has 0 saturated carbocycles. The molecule has 2 aromatic carbocycles. The maximum atomic E-state index is 6.22. The number of fused-ring (bicyclic) bond motifs is 3. The van der Waals surface area contributed by atoms with Crippen molar-refractivity contribution in [2.24, 2.45) is 0 Å². The first-order chi connectivity index (χ1) is 18.1. The second-order valence-electron chi connectivity index (χ2n) is 11.0. The SMILES string of the molecule is CCCCCCCCCCOc1cc2c(cc1C)oc1cc(C)c(OCCCCCCCCCC)cc12. The molecule has 0 spiro atoms. The van der Waals surface area contributed by atoms with Gasteiger partial charge < -0.3 is 13.9 Å². The normalized spacial score (nSPS) is 11.6. The van der Waals surface area contributed by atoms with Crippen LogP contribution in [0.3, 0.4) is 0 Å². The maximum Gasteiger partial charge on any atom is 0.135 e. The Bertz CT molecular complexity index is 966. The molecule has 0 unspecified atom stereocenters. The van der Waals surface area contributed by atoms with Crippen LogP contribution in [0.4, 0.5) is 0 Å². The predicted molar refractivity (Wildman–Crippen MR) is 159 cm³/mol. The first kappa shape index (κ1) is 29.4. The van der Waals surface area contributed by atoms with Gasteiger partial charge in [-0.25, -0.2) is 0 Å². The maximum absolute atomic E-state index is 6.22. The molecule has 0 fully saturated rings. The first-order valence-corrected chi connectivity index (χ1v) is 15.4. The van der Waals surface area contributed by atoms with Crippen LogP contribution in [-0.4, -0.2) is 13.2 Å². The van der Waals surface area contributed by atoms with Crippen LogP contribution < -0.4 is 9.47 Å². The number of furan rings is 1. The van der Waals surface area contributed by atoms with Crippen molar-refractivity contribution >= 4 is 21.9 Å². The Labute approximate surface area is 226 Å². The van der Waals surface area contributed by atoms with Crippen molar-refractivity contribution in [3.8, 4) is 11.5 Å². The minimum atomic E-state index is 0.781. The molecule has 0 aliphatic carbocycles. The van der Waals surface area contributed by atoms with E-state index in [1.165, 1.54) is 89.9 Å². The number of benzene rings is 2. The topological polar surface area (TPSA) is 31.6 Å². The number of rotatable bonds is 20. The molecule has 3 aromatic rings. The van der Waals surface area contributed by atoms with Crippen LogP contribution >= 0.6 is 0 Å². The molecule has 0 aliphatic heterocycles. The molecule has 0 radical (unpaired) electrons. The molecule has 1 aromatic heterocycles. The van der Waals surface area contributed by atoms with Gasteiger partial charge in [0, 0.05) is 10.8 Å². The fraction of sp³-hybridized carbons (Fsp3) is 0.647. The van der Waals surface area contributed by atoms with Gasteiger partial charge in [0.05, 0.1) is 13.2 Å². The predicted octanol–water partition coefficient (Wildman–Crippen LogP) is 11.2. The molecule has 1 heterocycles. The zero-order valence-electron chi connectivity index (χ0n) is 24.3. The number of ether oxygens (including phenoxy) is 2. The van der Waals surface area contributed by atoms with Crippen LogP contribution in [0.1, 0.15) is 128 Å². The van der Waals surface area contributed by atoms with Gasteiger partial charge in [-0.05, 0) is 62.1 Å². The summed E-state index contributed by atoms with van der Waals surface area (Å²) in [6.45, 7) is 10.3. The highest BCUT2D eigenvalue weighted by molar-refractivity contribution is 6.06. The molecule has 0 saturated heterocycles. The molecular weight excluding hydrogens is 456 g/mol. The minimum absolute atomic E-state index is 0.781. The first-order valence-electron chi connectivity index (χ1n) is 15.4. The van der Waals surface area contributed by atoms with Gasteiger partial charge in [-0.1, -0.05) is 104 Å². The third-order valence-corrected chi connectivity index (χ3v) is 7.58. The van der Waals surface area contributed by atoms with E-state index in [1.807, 2.05) is 0 Å². The summed E-state index contributed by atoms with van der Waals surface area (Å²) in [5.74, 6) is 1.94. The van der Waals surface area contributed by atoms with Crippen LogP contribution in [0, 0.1) is 13.8 Å². The van der Waals surface area contributed by atoms with Gasteiger partial charge in [-0.3, -0.25) is 0 Å². The molecule has 206 valence electrons. The minimum Gasteiger partial charge on any atom is -0.493 e. The van der Waals surface area contributed by atoms with E-state index in [9.17, 15) is 0 Å². The van der Waals surface area contributed by atoms with Crippen molar-refractivity contribution in [1.82, 2.24) is 0 Å². The lowest BCUT2D eigenvalue weighted by Gasteiger charge is -2.10. The van der Waals surface area contributed by atoms with E-state index in [-0.39, 0.29) is 0 Å². The Morgan fingerprint density at radius 3 is 1.22 bits per heavy atom. The van der Waals surface area contributed by atoms with Gasteiger partial charge in [0.15, 0.2) is 0 Å². The zero-order valence-corrected chi connectivity index (χ0v) is 24.3. The summed E-state index contributed by atoms with van der Waals surface area (Å²) in [6.07, 6.45) is 21.0. The number of aryl methyl sites for hydroxylation is 2. The van der Waals surface area contributed by atoms with Crippen molar-refractivity contribution < 1.29 is 13.9 Å². The lowest BCUT2D eigenvalue weighted by Crippen LogP contribution is -1.99. The molecule has 3 heteroatoms. The van der Waals surface area contributed by atoms with E-state index in [2.05, 4.69) is 52.0 Å². The second kappa shape index (κ2) is 16.6. The van der Waals surface area contributed by atoms with E-state index in [0.29, 0.717) is 0 Å². The fourth-order valence-corrected chi connectivity index (χ4v) is 5.18. The summed E-state index contributed by atoms with van der Waals surface area (Å²) < 4.78 is 18.7. The average Bonchev–Trinajstić information content (AvgIpc) is 3.22. The van der Waals surface area contributed by atoms with Gasteiger partial charge in [0.1, 0.15) is 22.7 Å². The third kappa shape index (κ3) is 9.58. The van der Waals surface area contributed by atoms with Crippen LogP contribution in [0.5, 0.6) is 11.5 Å². The number of hydrogen-bond donors (Lipinski definition) is 0. The van der Waals surface area contributed by atoms with Crippen LogP contribution in [-0.2, 0) is 0 Å². The van der Waals surface area contributed by atoms with Crippen molar-refractivity contribution in [2.75, 3.05) is 13.2 Å². The number of hydrogen-bond acceptors (Lipinski definition) is 3. The lowest BCUT2D eigenvalue weighted by molar-refractivity contribution is 0.302. The molecular formula is C34H52O3. The lowest BCUT2D eigenvalue weighted by atomic mass is 10.1. The monoisotopic (exact) mass is 508 g/mol. The molecule has 3 rings (SSSR count). The largest absolute Gasteiger partial charge is 0.493 e. The summed E-state index contributed by atoms with van der Waals surface area (Å²) in [5, 5.41) is 2.23. The summed E-state index contributed by atoms with van der Waals surface area (Å²) >= 11 is 0. The molecule has 0 atom stereocenters. The van der Waals surface area contributed by atoms with Crippen LogP contribution in [0.15, 0.2) is 28.7 Å². The van der Waals surface area contributed by atoms with E-state index in [1.54, 1.807) is 0 Å². The quantitative estimate of drug-likeness (QED) is 0.142. The molecule has 37 heavy (non-hydrogen) atoms. The van der Waals surface area contributed by atoms with Crippen LogP contribution in [0.25, 0.3) is 21.9 Å². The third-order valence-electron chi connectivity index (χ3n) is 7.58. The van der Waals surface area contributed by atoms with Crippen LogP contribution in [0.2, 0.25) is 0 Å². The Hall–Kier alpha value is -2.16. The van der Waals surface area contributed by atoms with Crippen molar-refractivity contribution in [3.05, 3.63) is 35.4 Å². The van der Waals surface area contributed by atoms with Crippen molar-refractivity contribution in [1.29, 1.82) is 0 Å². The Balaban J connectivity index is 1.51. The Morgan fingerprint density at radius 2 is 0.838 bits per heavy atom. The highest BCUT2D eigenvalue weighted by Crippen LogP contribution is 2.37.